The van der Waals surface area contributed by atoms with E-state index in [1.54, 1.807) is 0 Å². The van der Waals surface area contributed by atoms with Gasteiger partial charge < -0.3 is 5.32 Å². The molecule has 0 saturated carbocycles. The number of halogens is 1. The average Bonchev–Trinajstić information content (AvgIpc) is 2.76. The molecule has 1 aromatic heterocycles. The number of nitrogens with zero attached hydrogens (tertiary/aromatic N) is 1. The molecule has 1 N–H and O–H groups in total. The Morgan fingerprint density at radius 1 is 1.35 bits per heavy atom. The second kappa shape index (κ2) is 5.22. The summed E-state index contributed by atoms with van der Waals surface area (Å²) in [6, 6.07) is 9.72. The number of rotatable bonds is 3. The maximum atomic E-state index is 11.4. The molecule has 1 saturated heterocycles. The quantitative estimate of drug-likeness (QED) is 0.886. The van der Waals surface area contributed by atoms with Gasteiger partial charge in [0.05, 0.1) is 11.5 Å². The van der Waals surface area contributed by atoms with E-state index in [2.05, 4.69) is 10.3 Å². The van der Waals surface area contributed by atoms with Crippen molar-refractivity contribution in [2.24, 2.45) is 5.92 Å². The monoisotopic (exact) mass is 310 g/mol. The number of hydrogen-bond acceptors (Lipinski definition) is 4. The molecule has 4 nitrogen and oxygen atoms in total. The first kappa shape index (κ1) is 13.6. The summed E-state index contributed by atoms with van der Waals surface area (Å²) >= 11 is 6.16. The highest BCUT2D eigenvalue weighted by Crippen LogP contribution is 2.25. The Hall–Kier alpha value is -1.33. The van der Waals surface area contributed by atoms with E-state index >= 15 is 0 Å². The number of aromatic nitrogens is 1. The van der Waals surface area contributed by atoms with Gasteiger partial charge in [-0.3, -0.25) is 0 Å². The number of hydrogen-bond donors (Lipinski definition) is 1. The van der Waals surface area contributed by atoms with Gasteiger partial charge in [0.15, 0.2) is 9.84 Å². The van der Waals surface area contributed by atoms with Gasteiger partial charge in [-0.25, -0.2) is 13.4 Å². The lowest BCUT2D eigenvalue weighted by Gasteiger charge is -2.11. The van der Waals surface area contributed by atoms with Crippen molar-refractivity contribution >= 4 is 38.0 Å². The Labute approximate surface area is 123 Å². The molecule has 0 aliphatic carbocycles. The van der Waals surface area contributed by atoms with Gasteiger partial charge >= 0.3 is 0 Å². The Kier molecular flexibility index (Phi) is 3.56. The summed E-state index contributed by atoms with van der Waals surface area (Å²) < 4.78 is 22.8. The molecule has 1 aromatic carbocycles. The van der Waals surface area contributed by atoms with E-state index < -0.39 is 9.84 Å². The van der Waals surface area contributed by atoms with Crippen LogP contribution in [0.3, 0.4) is 0 Å². The molecule has 20 heavy (non-hydrogen) atoms. The van der Waals surface area contributed by atoms with Gasteiger partial charge in [0.1, 0.15) is 11.0 Å². The highest BCUT2D eigenvalue weighted by Gasteiger charge is 2.27. The van der Waals surface area contributed by atoms with Gasteiger partial charge in [-0.1, -0.05) is 35.9 Å². The molecular formula is C14H15ClN2O2S. The summed E-state index contributed by atoms with van der Waals surface area (Å²) in [6.07, 6.45) is 0.719. The molecule has 0 radical (unpaired) electrons. The van der Waals surface area contributed by atoms with Crippen molar-refractivity contribution in [3.05, 3.63) is 35.5 Å². The second-order valence-corrected chi connectivity index (χ2v) is 7.76. The van der Waals surface area contributed by atoms with Crippen LogP contribution in [0.5, 0.6) is 0 Å². The van der Waals surface area contributed by atoms with Crippen molar-refractivity contribution in [3.8, 4) is 0 Å². The van der Waals surface area contributed by atoms with E-state index in [-0.39, 0.29) is 11.7 Å². The van der Waals surface area contributed by atoms with Gasteiger partial charge in [0, 0.05) is 11.9 Å². The zero-order valence-corrected chi connectivity index (χ0v) is 12.4. The molecule has 1 atom stereocenters. The van der Waals surface area contributed by atoms with Crippen LogP contribution in [0, 0.1) is 5.92 Å². The predicted octanol–water partition coefficient (Wildman–Crippen LogP) is 2.73. The fourth-order valence-electron chi connectivity index (χ4n) is 2.53. The first-order chi connectivity index (χ1) is 9.53. The van der Waals surface area contributed by atoms with E-state index in [0.29, 0.717) is 23.3 Å². The van der Waals surface area contributed by atoms with E-state index in [1.165, 1.54) is 0 Å². The summed E-state index contributed by atoms with van der Waals surface area (Å²) in [5.74, 6) is 1.41. The fourth-order valence-corrected chi connectivity index (χ4v) is 4.65. The van der Waals surface area contributed by atoms with E-state index in [4.69, 9.17) is 11.6 Å². The Morgan fingerprint density at radius 2 is 2.15 bits per heavy atom. The first-order valence-electron chi connectivity index (χ1n) is 6.53. The van der Waals surface area contributed by atoms with Crippen molar-refractivity contribution in [1.29, 1.82) is 0 Å². The van der Waals surface area contributed by atoms with E-state index in [1.807, 2.05) is 30.3 Å². The Balaban J connectivity index is 1.75. The standard InChI is InChI=1S/C14H15ClN2O2S/c15-14-12-4-2-1-3-11(12)7-13(17-14)16-8-10-5-6-20(18,19)9-10/h1-4,7,10H,5-6,8-9H2,(H,16,17). The van der Waals surface area contributed by atoms with E-state index in [9.17, 15) is 8.42 Å². The highest BCUT2D eigenvalue weighted by molar-refractivity contribution is 7.91. The number of benzene rings is 1. The molecule has 106 valence electrons. The Morgan fingerprint density at radius 3 is 2.90 bits per heavy atom. The van der Waals surface area contributed by atoms with Crippen LogP contribution in [-0.4, -0.2) is 31.5 Å². The molecule has 1 fully saturated rings. The molecule has 0 spiro atoms. The zero-order valence-electron chi connectivity index (χ0n) is 10.8. The van der Waals surface area contributed by atoms with Crippen LogP contribution in [0.4, 0.5) is 5.82 Å². The molecule has 2 aromatic rings. The molecule has 1 aliphatic rings. The zero-order chi connectivity index (χ0) is 14.2. The fraction of sp³-hybridized carbons (Fsp3) is 0.357. The largest absolute Gasteiger partial charge is 0.370 e. The van der Waals surface area contributed by atoms with Crippen LogP contribution in [0.25, 0.3) is 10.8 Å². The lowest BCUT2D eigenvalue weighted by atomic mass is 10.1. The van der Waals surface area contributed by atoms with Crippen LogP contribution in [0.2, 0.25) is 5.15 Å². The van der Waals surface area contributed by atoms with Crippen LogP contribution >= 0.6 is 11.6 Å². The van der Waals surface area contributed by atoms with Crippen molar-refractivity contribution in [2.75, 3.05) is 23.4 Å². The van der Waals surface area contributed by atoms with Gasteiger partial charge in [0.25, 0.3) is 0 Å². The SMILES string of the molecule is O=S1(=O)CCC(CNc2cc3ccccc3c(Cl)n2)C1. The summed E-state index contributed by atoms with van der Waals surface area (Å²) in [6.45, 7) is 0.612. The maximum absolute atomic E-state index is 11.4. The average molecular weight is 311 g/mol. The smallest absolute Gasteiger partial charge is 0.150 e. The molecule has 6 heteroatoms. The molecule has 3 rings (SSSR count). The topological polar surface area (TPSA) is 59.1 Å². The van der Waals surface area contributed by atoms with Crippen LogP contribution < -0.4 is 5.32 Å². The maximum Gasteiger partial charge on any atom is 0.150 e. The van der Waals surface area contributed by atoms with Crippen LogP contribution in [0.15, 0.2) is 30.3 Å². The summed E-state index contributed by atoms with van der Waals surface area (Å²) in [5.41, 5.74) is 0. The number of anilines is 1. The third kappa shape index (κ3) is 2.88. The van der Waals surface area contributed by atoms with Crippen molar-refractivity contribution in [3.63, 3.8) is 0 Å². The highest BCUT2D eigenvalue weighted by atomic mass is 35.5. The normalized spacial score (nSPS) is 21.1. The van der Waals surface area contributed by atoms with Gasteiger partial charge in [-0.15, -0.1) is 0 Å². The minimum Gasteiger partial charge on any atom is -0.370 e. The van der Waals surface area contributed by atoms with Gasteiger partial charge in [-0.05, 0) is 23.8 Å². The minimum absolute atomic E-state index is 0.159. The molecule has 0 amide bonds. The van der Waals surface area contributed by atoms with Crippen LogP contribution in [0.1, 0.15) is 6.42 Å². The molecular weight excluding hydrogens is 296 g/mol. The lowest BCUT2D eigenvalue weighted by molar-refractivity contribution is 0.595. The summed E-state index contributed by atoms with van der Waals surface area (Å²) in [7, 11) is -2.83. The summed E-state index contributed by atoms with van der Waals surface area (Å²) in [5, 5.41) is 5.60. The van der Waals surface area contributed by atoms with Crippen molar-refractivity contribution < 1.29 is 8.42 Å². The van der Waals surface area contributed by atoms with Crippen LogP contribution in [-0.2, 0) is 9.84 Å². The number of sulfone groups is 1. The Bertz CT molecular complexity index is 746. The van der Waals surface area contributed by atoms with Crippen molar-refractivity contribution in [2.45, 2.75) is 6.42 Å². The molecule has 1 aliphatic heterocycles. The third-order valence-electron chi connectivity index (χ3n) is 3.59. The molecule has 2 heterocycles. The third-order valence-corrected chi connectivity index (χ3v) is 5.72. The van der Waals surface area contributed by atoms with Crippen molar-refractivity contribution in [1.82, 2.24) is 4.98 Å². The van der Waals surface area contributed by atoms with Gasteiger partial charge in [-0.2, -0.15) is 0 Å². The minimum atomic E-state index is -2.83. The van der Waals surface area contributed by atoms with E-state index in [0.717, 1.165) is 17.2 Å². The van der Waals surface area contributed by atoms with Gasteiger partial charge in [0.2, 0.25) is 0 Å². The predicted molar refractivity (Wildman–Crippen MR) is 82.0 cm³/mol. The number of fused-ring (bicyclic) bond motifs is 1. The summed E-state index contributed by atoms with van der Waals surface area (Å²) in [4.78, 5) is 4.30. The molecule has 1 unspecified atom stereocenters. The first-order valence-corrected chi connectivity index (χ1v) is 8.73. The molecule has 0 bridgehead atoms. The number of nitrogens with one attached hydrogen (secondary N) is 1. The second-order valence-electron chi connectivity index (χ2n) is 5.17. The lowest BCUT2D eigenvalue weighted by Crippen LogP contribution is -2.16. The number of pyridine rings is 1.